The fraction of sp³-hybridized carbons (Fsp3) is 0.556. The van der Waals surface area contributed by atoms with Crippen LogP contribution in [0.2, 0.25) is 5.02 Å². The lowest BCUT2D eigenvalue weighted by Crippen LogP contribution is -2.35. The molecule has 0 spiro atoms. The number of rotatable bonds is 6. The standard InChI is InChI=1S/C18H23ClN2O2/c19-13-7-5-12(6-8-13)9-10-20-17(22)15-11-16(15)18(23)21-14-3-1-2-4-14/h5-8,14-16H,1-4,9-11H2,(H,20,22)(H,21,23). The summed E-state index contributed by atoms with van der Waals surface area (Å²) < 4.78 is 0. The highest BCUT2D eigenvalue weighted by molar-refractivity contribution is 6.30. The van der Waals surface area contributed by atoms with E-state index in [0.29, 0.717) is 24.0 Å². The molecule has 0 heterocycles. The number of nitrogens with one attached hydrogen (secondary N) is 2. The molecule has 2 N–H and O–H groups in total. The Bertz CT molecular complexity index is 567. The summed E-state index contributed by atoms with van der Waals surface area (Å²) in [4.78, 5) is 24.2. The van der Waals surface area contributed by atoms with E-state index in [-0.39, 0.29) is 23.7 Å². The first kappa shape index (κ1) is 16.3. The molecule has 23 heavy (non-hydrogen) atoms. The van der Waals surface area contributed by atoms with Gasteiger partial charge in [-0.2, -0.15) is 0 Å². The van der Waals surface area contributed by atoms with Crippen LogP contribution in [0.4, 0.5) is 0 Å². The van der Waals surface area contributed by atoms with E-state index >= 15 is 0 Å². The molecule has 2 amide bonds. The van der Waals surface area contributed by atoms with Crippen molar-refractivity contribution in [3.63, 3.8) is 0 Å². The van der Waals surface area contributed by atoms with Gasteiger partial charge in [-0.05, 0) is 43.4 Å². The van der Waals surface area contributed by atoms with Gasteiger partial charge in [0.2, 0.25) is 11.8 Å². The zero-order chi connectivity index (χ0) is 16.2. The van der Waals surface area contributed by atoms with Crippen molar-refractivity contribution in [2.75, 3.05) is 6.54 Å². The van der Waals surface area contributed by atoms with Crippen molar-refractivity contribution in [3.8, 4) is 0 Å². The lowest BCUT2D eigenvalue weighted by molar-refractivity contribution is -0.127. The first-order chi connectivity index (χ1) is 11.1. The van der Waals surface area contributed by atoms with Gasteiger partial charge in [-0.25, -0.2) is 0 Å². The minimum Gasteiger partial charge on any atom is -0.356 e. The molecule has 5 heteroatoms. The molecule has 0 bridgehead atoms. The first-order valence-electron chi connectivity index (χ1n) is 8.46. The van der Waals surface area contributed by atoms with E-state index in [2.05, 4.69) is 10.6 Å². The number of carbonyl (C=O) groups excluding carboxylic acids is 2. The Morgan fingerprint density at radius 1 is 1.04 bits per heavy atom. The van der Waals surface area contributed by atoms with E-state index in [0.717, 1.165) is 24.8 Å². The quantitative estimate of drug-likeness (QED) is 0.840. The molecule has 2 aliphatic carbocycles. The van der Waals surface area contributed by atoms with Crippen molar-refractivity contribution >= 4 is 23.4 Å². The molecule has 2 atom stereocenters. The first-order valence-corrected chi connectivity index (χ1v) is 8.84. The molecule has 1 aromatic carbocycles. The normalized spacial score (nSPS) is 23.5. The maximum Gasteiger partial charge on any atom is 0.224 e. The van der Waals surface area contributed by atoms with Crippen LogP contribution in [0.15, 0.2) is 24.3 Å². The summed E-state index contributed by atoms with van der Waals surface area (Å²) in [6.07, 6.45) is 6.02. The van der Waals surface area contributed by atoms with E-state index < -0.39 is 0 Å². The Kier molecular flexibility index (Phi) is 5.21. The van der Waals surface area contributed by atoms with Gasteiger partial charge in [0.15, 0.2) is 0 Å². The fourth-order valence-corrected chi connectivity index (χ4v) is 3.39. The van der Waals surface area contributed by atoms with Crippen molar-refractivity contribution in [2.24, 2.45) is 11.8 Å². The van der Waals surface area contributed by atoms with Gasteiger partial charge < -0.3 is 10.6 Å². The van der Waals surface area contributed by atoms with E-state index in [1.54, 1.807) is 0 Å². The highest BCUT2D eigenvalue weighted by Crippen LogP contribution is 2.39. The van der Waals surface area contributed by atoms with Crippen molar-refractivity contribution < 1.29 is 9.59 Å². The summed E-state index contributed by atoms with van der Waals surface area (Å²) in [5.74, 6) is -0.187. The number of halogens is 1. The van der Waals surface area contributed by atoms with Gasteiger partial charge >= 0.3 is 0 Å². The Hall–Kier alpha value is -1.55. The highest BCUT2D eigenvalue weighted by Gasteiger charge is 2.48. The SMILES string of the molecule is O=C(NCCc1ccc(Cl)cc1)C1CC1C(=O)NC1CCCC1. The minimum atomic E-state index is -0.137. The van der Waals surface area contributed by atoms with Gasteiger partial charge in [-0.15, -0.1) is 0 Å². The van der Waals surface area contributed by atoms with Crippen LogP contribution in [-0.4, -0.2) is 24.4 Å². The molecule has 4 nitrogen and oxygen atoms in total. The largest absolute Gasteiger partial charge is 0.356 e. The summed E-state index contributed by atoms with van der Waals surface area (Å²) in [7, 11) is 0. The Morgan fingerprint density at radius 2 is 1.70 bits per heavy atom. The van der Waals surface area contributed by atoms with Crippen LogP contribution < -0.4 is 10.6 Å². The number of benzene rings is 1. The van der Waals surface area contributed by atoms with Crippen LogP contribution in [0.25, 0.3) is 0 Å². The summed E-state index contributed by atoms with van der Waals surface area (Å²) >= 11 is 5.84. The van der Waals surface area contributed by atoms with Crippen molar-refractivity contribution in [3.05, 3.63) is 34.9 Å². The van der Waals surface area contributed by atoms with Crippen LogP contribution in [0, 0.1) is 11.8 Å². The number of hydrogen-bond acceptors (Lipinski definition) is 2. The number of amides is 2. The van der Waals surface area contributed by atoms with Crippen LogP contribution in [0.5, 0.6) is 0 Å². The Labute approximate surface area is 142 Å². The topological polar surface area (TPSA) is 58.2 Å². The molecule has 0 saturated heterocycles. The zero-order valence-corrected chi connectivity index (χ0v) is 13.9. The second-order valence-electron chi connectivity index (χ2n) is 6.61. The Morgan fingerprint density at radius 3 is 2.39 bits per heavy atom. The molecule has 0 aromatic heterocycles. The molecule has 2 fully saturated rings. The number of hydrogen-bond donors (Lipinski definition) is 2. The molecular weight excluding hydrogens is 312 g/mol. The van der Waals surface area contributed by atoms with Crippen molar-refractivity contribution in [1.29, 1.82) is 0 Å². The van der Waals surface area contributed by atoms with E-state index in [1.165, 1.54) is 12.8 Å². The zero-order valence-electron chi connectivity index (χ0n) is 13.2. The fourth-order valence-electron chi connectivity index (χ4n) is 3.27. The summed E-state index contributed by atoms with van der Waals surface area (Å²) in [6, 6.07) is 7.95. The van der Waals surface area contributed by atoms with E-state index in [9.17, 15) is 9.59 Å². The average molecular weight is 335 g/mol. The lowest BCUT2D eigenvalue weighted by Gasteiger charge is -2.11. The van der Waals surface area contributed by atoms with Gasteiger partial charge in [-0.1, -0.05) is 36.6 Å². The third kappa shape index (κ3) is 4.47. The van der Waals surface area contributed by atoms with E-state index in [4.69, 9.17) is 11.6 Å². The summed E-state index contributed by atoms with van der Waals surface area (Å²) in [5, 5.41) is 6.73. The van der Waals surface area contributed by atoms with Crippen molar-refractivity contribution in [2.45, 2.75) is 44.6 Å². The summed E-state index contributed by atoms with van der Waals surface area (Å²) in [6.45, 7) is 0.591. The van der Waals surface area contributed by atoms with Crippen LogP contribution >= 0.6 is 11.6 Å². The molecule has 2 aliphatic rings. The second-order valence-corrected chi connectivity index (χ2v) is 7.04. The third-order valence-corrected chi connectivity index (χ3v) is 5.04. The minimum absolute atomic E-state index is 0.00513. The maximum absolute atomic E-state index is 12.1. The smallest absolute Gasteiger partial charge is 0.224 e. The lowest BCUT2D eigenvalue weighted by atomic mass is 10.1. The molecule has 124 valence electrons. The predicted octanol–water partition coefficient (Wildman–Crippen LogP) is 2.69. The van der Waals surface area contributed by atoms with E-state index in [1.807, 2.05) is 24.3 Å². The molecular formula is C18H23ClN2O2. The molecule has 0 radical (unpaired) electrons. The molecule has 3 rings (SSSR count). The van der Waals surface area contributed by atoms with Gasteiger partial charge in [0.1, 0.15) is 0 Å². The molecule has 2 saturated carbocycles. The maximum atomic E-state index is 12.1. The summed E-state index contributed by atoms with van der Waals surface area (Å²) in [5.41, 5.74) is 1.14. The molecule has 1 aromatic rings. The molecule has 2 unspecified atom stereocenters. The predicted molar refractivity (Wildman–Crippen MR) is 90.2 cm³/mol. The van der Waals surface area contributed by atoms with Gasteiger partial charge in [0.25, 0.3) is 0 Å². The van der Waals surface area contributed by atoms with Gasteiger partial charge in [-0.3, -0.25) is 9.59 Å². The van der Waals surface area contributed by atoms with Gasteiger partial charge in [0.05, 0.1) is 11.8 Å². The third-order valence-electron chi connectivity index (χ3n) is 4.79. The second kappa shape index (κ2) is 7.35. The van der Waals surface area contributed by atoms with Crippen LogP contribution in [-0.2, 0) is 16.0 Å². The van der Waals surface area contributed by atoms with Crippen LogP contribution in [0.1, 0.15) is 37.7 Å². The highest BCUT2D eigenvalue weighted by atomic mass is 35.5. The van der Waals surface area contributed by atoms with Crippen molar-refractivity contribution in [1.82, 2.24) is 10.6 Å². The molecule has 0 aliphatic heterocycles. The Balaban J connectivity index is 1.36. The average Bonchev–Trinajstić information content (AvgIpc) is 3.20. The van der Waals surface area contributed by atoms with Gasteiger partial charge in [0, 0.05) is 17.6 Å². The monoisotopic (exact) mass is 334 g/mol. The van der Waals surface area contributed by atoms with Crippen LogP contribution in [0.3, 0.4) is 0 Å². The number of carbonyl (C=O) groups is 2.